The molecule has 1 heterocycles. The zero-order chi connectivity index (χ0) is 22.7. The highest BCUT2D eigenvalue weighted by Gasteiger charge is 2.53. The quantitative estimate of drug-likeness (QED) is 0.651. The normalized spacial score (nSPS) is 36.6. The molecule has 4 heteroatoms. The minimum absolute atomic E-state index is 0.112. The SMILES string of the molecule is CC1CC2CC(C)(C(=O)NC3CCNCC3(C)C)CC(c3ccccc3)(C1)C2.CCF. The predicted octanol–water partition coefficient (Wildman–Crippen LogP) is 5.64. The molecule has 4 rings (SSSR count). The molecule has 1 aromatic rings. The molecule has 3 aliphatic rings. The third-order valence-corrected chi connectivity index (χ3v) is 8.00. The number of hydrogen-bond donors (Lipinski definition) is 2. The van der Waals surface area contributed by atoms with Gasteiger partial charge in [0.25, 0.3) is 0 Å². The smallest absolute Gasteiger partial charge is 0.226 e. The second kappa shape index (κ2) is 9.60. The summed E-state index contributed by atoms with van der Waals surface area (Å²) in [5.41, 5.74) is 1.46. The summed E-state index contributed by atoms with van der Waals surface area (Å²) in [6.45, 7) is 12.4. The molecule has 5 unspecified atom stereocenters. The van der Waals surface area contributed by atoms with Crippen LogP contribution in [0.5, 0.6) is 0 Å². The van der Waals surface area contributed by atoms with Gasteiger partial charge in [0.1, 0.15) is 0 Å². The lowest BCUT2D eigenvalue weighted by Gasteiger charge is -2.54. The maximum Gasteiger partial charge on any atom is 0.226 e. The largest absolute Gasteiger partial charge is 0.352 e. The van der Waals surface area contributed by atoms with Crippen molar-refractivity contribution in [2.45, 2.75) is 84.6 Å². The number of carbonyl (C=O) groups is 1. The van der Waals surface area contributed by atoms with Crippen LogP contribution in [0.25, 0.3) is 0 Å². The highest BCUT2D eigenvalue weighted by Crippen LogP contribution is 2.58. The average Bonchev–Trinajstić information content (AvgIpc) is 2.69. The van der Waals surface area contributed by atoms with Gasteiger partial charge in [0, 0.05) is 18.0 Å². The topological polar surface area (TPSA) is 41.1 Å². The molecule has 3 fully saturated rings. The first-order chi connectivity index (χ1) is 14.6. The van der Waals surface area contributed by atoms with Crippen LogP contribution in [0.1, 0.15) is 78.7 Å². The number of fused-ring (bicyclic) bond motifs is 2. The average molecular weight is 431 g/mol. The summed E-state index contributed by atoms with van der Waals surface area (Å²) < 4.78 is 10.3. The molecule has 1 aromatic carbocycles. The molecule has 0 spiro atoms. The van der Waals surface area contributed by atoms with Crippen molar-refractivity contribution in [1.82, 2.24) is 10.6 Å². The minimum atomic E-state index is -0.264. The van der Waals surface area contributed by atoms with Crippen LogP contribution < -0.4 is 10.6 Å². The van der Waals surface area contributed by atoms with Gasteiger partial charge in [-0.25, -0.2) is 0 Å². The molecule has 1 saturated heterocycles. The monoisotopic (exact) mass is 430 g/mol. The van der Waals surface area contributed by atoms with Crippen molar-refractivity contribution < 1.29 is 9.18 Å². The summed E-state index contributed by atoms with van der Waals surface area (Å²) in [4.78, 5) is 13.6. The van der Waals surface area contributed by atoms with Gasteiger partial charge in [0.15, 0.2) is 0 Å². The number of hydrogen-bond acceptors (Lipinski definition) is 2. The number of amides is 1. The fraction of sp³-hybridized carbons (Fsp3) is 0.741. The van der Waals surface area contributed by atoms with E-state index in [1.807, 2.05) is 0 Å². The van der Waals surface area contributed by atoms with Gasteiger partial charge in [-0.2, -0.15) is 0 Å². The third-order valence-electron chi connectivity index (χ3n) is 8.00. The van der Waals surface area contributed by atoms with Gasteiger partial charge in [-0.15, -0.1) is 0 Å². The summed E-state index contributed by atoms with van der Waals surface area (Å²) in [5.74, 6) is 1.71. The molecule has 2 bridgehead atoms. The second-order valence-electron chi connectivity index (χ2n) is 11.5. The molecule has 1 aliphatic heterocycles. The number of nitrogens with one attached hydrogen (secondary N) is 2. The van der Waals surface area contributed by atoms with Gasteiger partial charge in [-0.3, -0.25) is 9.18 Å². The van der Waals surface area contributed by atoms with E-state index >= 15 is 0 Å². The number of rotatable bonds is 3. The zero-order valence-corrected chi connectivity index (χ0v) is 20.3. The van der Waals surface area contributed by atoms with Crippen LogP contribution in [0.15, 0.2) is 30.3 Å². The highest BCUT2D eigenvalue weighted by atomic mass is 19.1. The van der Waals surface area contributed by atoms with Crippen molar-refractivity contribution in [1.29, 1.82) is 0 Å². The lowest BCUT2D eigenvalue weighted by Crippen LogP contribution is -2.59. The van der Waals surface area contributed by atoms with Crippen LogP contribution in [-0.2, 0) is 10.2 Å². The fourth-order valence-electron chi connectivity index (χ4n) is 6.87. The summed E-state index contributed by atoms with van der Waals surface area (Å²) >= 11 is 0. The van der Waals surface area contributed by atoms with Crippen molar-refractivity contribution in [3.05, 3.63) is 35.9 Å². The molecule has 3 nitrogen and oxygen atoms in total. The van der Waals surface area contributed by atoms with Crippen molar-refractivity contribution >= 4 is 5.91 Å². The van der Waals surface area contributed by atoms with Crippen LogP contribution in [-0.4, -0.2) is 31.7 Å². The van der Waals surface area contributed by atoms with Crippen LogP contribution in [0.4, 0.5) is 4.39 Å². The van der Waals surface area contributed by atoms with E-state index in [-0.39, 0.29) is 29.0 Å². The maximum atomic E-state index is 13.6. The molecular formula is C27H43FN2O. The molecule has 31 heavy (non-hydrogen) atoms. The lowest BCUT2D eigenvalue weighted by atomic mass is 9.50. The number of benzene rings is 1. The van der Waals surface area contributed by atoms with E-state index in [1.165, 1.54) is 31.7 Å². The van der Waals surface area contributed by atoms with E-state index in [1.54, 1.807) is 0 Å². The van der Waals surface area contributed by atoms with Gasteiger partial charge < -0.3 is 10.6 Å². The molecule has 5 atom stereocenters. The van der Waals surface area contributed by atoms with Gasteiger partial charge in [-0.05, 0) is 80.2 Å². The Balaban J connectivity index is 0.000000858. The Kier molecular flexibility index (Phi) is 7.50. The second-order valence-corrected chi connectivity index (χ2v) is 11.5. The van der Waals surface area contributed by atoms with Gasteiger partial charge in [0.05, 0.1) is 6.67 Å². The molecule has 1 amide bonds. The summed E-state index contributed by atoms with van der Waals surface area (Å²) in [7, 11) is 0. The first-order valence-corrected chi connectivity index (χ1v) is 12.3. The van der Waals surface area contributed by atoms with E-state index < -0.39 is 0 Å². The first kappa shape index (κ1) is 24.2. The Bertz CT molecular complexity index is 732. The highest BCUT2D eigenvalue weighted by molar-refractivity contribution is 5.83. The van der Waals surface area contributed by atoms with Crippen LogP contribution in [0, 0.1) is 22.7 Å². The van der Waals surface area contributed by atoms with Gasteiger partial charge >= 0.3 is 0 Å². The summed E-state index contributed by atoms with van der Waals surface area (Å²) in [6.07, 6.45) is 6.80. The van der Waals surface area contributed by atoms with Crippen molar-refractivity contribution in [3.63, 3.8) is 0 Å². The Morgan fingerprint density at radius 1 is 1.16 bits per heavy atom. The first-order valence-electron chi connectivity index (χ1n) is 12.3. The zero-order valence-electron chi connectivity index (χ0n) is 20.3. The fourth-order valence-corrected chi connectivity index (χ4v) is 6.87. The van der Waals surface area contributed by atoms with Crippen molar-refractivity contribution in [2.75, 3.05) is 19.8 Å². The Morgan fingerprint density at radius 2 is 1.84 bits per heavy atom. The molecule has 0 aromatic heterocycles. The molecule has 0 radical (unpaired) electrons. The number of alkyl halides is 1. The van der Waals surface area contributed by atoms with E-state index in [4.69, 9.17) is 0 Å². The standard InChI is InChI=1S/C25H38N2O.C2H5F/c1-18-12-19-14-24(4,22(28)27-21-10-11-26-17-23(21,2)3)16-25(13-18,15-19)20-8-6-5-7-9-20;1-2-3/h5-9,18-19,21,26H,10-17H2,1-4H3,(H,27,28);2H2,1H3. The molecule has 2 aliphatic carbocycles. The van der Waals surface area contributed by atoms with Crippen molar-refractivity contribution in [3.8, 4) is 0 Å². The van der Waals surface area contributed by atoms with E-state index in [0.717, 1.165) is 38.3 Å². The van der Waals surface area contributed by atoms with Crippen molar-refractivity contribution in [2.24, 2.45) is 22.7 Å². The maximum absolute atomic E-state index is 13.6. The van der Waals surface area contributed by atoms with Crippen LogP contribution in [0.2, 0.25) is 0 Å². The van der Waals surface area contributed by atoms with Gasteiger partial charge in [-0.1, -0.05) is 58.0 Å². The molecule has 2 N–H and O–H groups in total. The number of halogens is 1. The summed E-state index contributed by atoms with van der Waals surface area (Å²) in [6, 6.07) is 11.3. The Labute approximate surface area is 189 Å². The molecule has 2 saturated carbocycles. The Morgan fingerprint density at radius 3 is 2.48 bits per heavy atom. The summed E-state index contributed by atoms with van der Waals surface area (Å²) in [5, 5.41) is 6.99. The van der Waals surface area contributed by atoms with E-state index in [2.05, 4.69) is 68.7 Å². The van der Waals surface area contributed by atoms with Gasteiger partial charge in [0.2, 0.25) is 5.91 Å². The minimum Gasteiger partial charge on any atom is -0.352 e. The predicted molar refractivity (Wildman–Crippen MR) is 127 cm³/mol. The number of carbonyl (C=O) groups excluding carboxylic acids is 1. The molecular weight excluding hydrogens is 387 g/mol. The number of piperidine rings is 1. The molecule has 174 valence electrons. The Hall–Kier alpha value is -1.42. The van der Waals surface area contributed by atoms with Crippen LogP contribution in [0.3, 0.4) is 0 Å². The lowest BCUT2D eigenvalue weighted by molar-refractivity contribution is -0.138. The van der Waals surface area contributed by atoms with Crippen LogP contribution >= 0.6 is 0 Å². The van der Waals surface area contributed by atoms with E-state index in [9.17, 15) is 9.18 Å². The van der Waals surface area contributed by atoms with E-state index in [0.29, 0.717) is 11.8 Å². The third kappa shape index (κ3) is 5.32.